The number of sulfonamides is 1. The maximum absolute atomic E-state index is 12.7. The van der Waals surface area contributed by atoms with Crippen LogP contribution in [-0.2, 0) is 27.8 Å². The van der Waals surface area contributed by atoms with E-state index >= 15 is 0 Å². The molecule has 0 atom stereocenters. The largest absolute Gasteiger partial charge is 0.483 e. The molecule has 0 bridgehead atoms. The number of amides is 1. The van der Waals surface area contributed by atoms with Gasteiger partial charge >= 0.3 is 0 Å². The Bertz CT molecular complexity index is 1050. The zero-order chi connectivity index (χ0) is 21.8. The summed E-state index contributed by atoms with van der Waals surface area (Å²) in [7, 11) is -3.56. The summed E-state index contributed by atoms with van der Waals surface area (Å²) in [5.41, 5.74) is 3.17. The van der Waals surface area contributed by atoms with Gasteiger partial charge in [-0.15, -0.1) is 0 Å². The third-order valence-electron chi connectivity index (χ3n) is 6.22. The molecule has 0 saturated heterocycles. The van der Waals surface area contributed by atoms with Gasteiger partial charge < -0.3 is 9.64 Å². The predicted molar refractivity (Wildman–Crippen MR) is 119 cm³/mol. The molecule has 31 heavy (non-hydrogen) atoms. The van der Waals surface area contributed by atoms with Gasteiger partial charge in [-0.1, -0.05) is 43.5 Å². The fourth-order valence-electron chi connectivity index (χ4n) is 4.40. The first-order valence-electron chi connectivity index (χ1n) is 11.0. The van der Waals surface area contributed by atoms with Crippen molar-refractivity contribution in [2.45, 2.75) is 62.9 Å². The highest BCUT2D eigenvalue weighted by molar-refractivity contribution is 7.89. The molecule has 1 heterocycles. The second-order valence-corrected chi connectivity index (χ2v) is 10.2. The Morgan fingerprint density at radius 3 is 2.58 bits per heavy atom. The van der Waals surface area contributed by atoms with Crippen LogP contribution in [0.15, 0.2) is 47.4 Å². The van der Waals surface area contributed by atoms with Gasteiger partial charge in [0.05, 0.1) is 4.90 Å². The number of carbonyl (C=O) groups is 1. The van der Waals surface area contributed by atoms with Crippen LogP contribution >= 0.6 is 0 Å². The van der Waals surface area contributed by atoms with E-state index in [1.807, 2.05) is 17.0 Å². The third-order valence-corrected chi connectivity index (χ3v) is 7.74. The van der Waals surface area contributed by atoms with Crippen molar-refractivity contribution in [3.63, 3.8) is 0 Å². The second kappa shape index (κ2) is 9.40. The van der Waals surface area contributed by atoms with Crippen molar-refractivity contribution in [2.75, 3.05) is 13.2 Å². The van der Waals surface area contributed by atoms with E-state index in [1.165, 1.54) is 17.5 Å². The molecule has 1 amide bonds. The number of hydrogen-bond donors (Lipinski definition) is 1. The smallest absolute Gasteiger partial charge is 0.260 e. The molecule has 6 nitrogen and oxygen atoms in total. The van der Waals surface area contributed by atoms with Crippen LogP contribution in [0.5, 0.6) is 5.75 Å². The lowest BCUT2D eigenvalue weighted by Gasteiger charge is -2.28. The number of aryl methyl sites for hydroxylation is 1. The quantitative estimate of drug-likeness (QED) is 0.742. The van der Waals surface area contributed by atoms with Crippen LogP contribution < -0.4 is 9.46 Å². The molecule has 0 radical (unpaired) electrons. The molecule has 1 saturated carbocycles. The fraction of sp³-hybridized carbons (Fsp3) is 0.458. The predicted octanol–water partition coefficient (Wildman–Crippen LogP) is 3.57. The van der Waals surface area contributed by atoms with Crippen LogP contribution in [0.2, 0.25) is 0 Å². The third kappa shape index (κ3) is 5.28. The number of hydrogen-bond acceptors (Lipinski definition) is 4. The van der Waals surface area contributed by atoms with Crippen molar-refractivity contribution >= 4 is 15.9 Å². The van der Waals surface area contributed by atoms with Gasteiger partial charge in [0.2, 0.25) is 10.0 Å². The summed E-state index contributed by atoms with van der Waals surface area (Å²) >= 11 is 0. The zero-order valence-electron chi connectivity index (χ0n) is 18.0. The first kappa shape index (κ1) is 21.8. The lowest BCUT2D eigenvalue weighted by atomic mass is 9.96. The maximum atomic E-state index is 12.7. The summed E-state index contributed by atoms with van der Waals surface area (Å²) in [6.45, 7) is 3.02. The molecule has 0 unspecified atom stereocenters. The van der Waals surface area contributed by atoms with Crippen molar-refractivity contribution < 1.29 is 17.9 Å². The fourth-order valence-corrected chi connectivity index (χ4v) is 5.79. The number of nitrogens with one attached hydrogen (secondary N) is 1. The standard InChI is InChI=1S/C24H30N2O4S/c1-18-15-22(31(28,29)25-21-9-3-2-4-10-21)11-12-23(18)30-17-24(27)26-14-13-19-7-5-6-8-20(19)16-26/h5-8,11-12,15,21,25H,2-4,9-10,13-14,16-17H2,1H3. The van der Waals surface area contributed by atoms with Gasteiger partial charge in [0.15, 0.2) is 6.61 Å². The van der Waals surface area contributed by atoms with E-state index in [0.717, 1.165) is 32.1 Å². The summed E-state index contributed by atoms with van der Waals surface area (Å²) in [5, 5.41) is 0. The van der Waals surface area contributed by atoms with Crippen LogP contribution in [-0.4, -0.2) is 38.4 Å². The Balaban J connectivity index is 1.36. The first-order chi connectivity index (χ1) is 14.9. The highest BCUT2D eigenvalue weighted by Gasteiger charge is 2.23. The molecule has 2 aromatic rings. The van der Waals surface area contributed by atoms with E-state index in [2.05, 4.69) is 16.9 Å². The van der Waals surface area contributed by atoms with Crippen molar-refractivity contribution in [3.8, 4) is 5.75 Å². The van der Waals surface area contributed by atoms with Crippen LogP contribution in [0.25, 0.3) is 0 Å². The molecule has 1 fully saturated rings. The molecular weight excluding hydrogens is 412 g/mol. The first-order valence-corrected chi connectivity index (χ1v) is 12.5. The maximum Gasteiger partial charge on any atom is 0.260 e. The second-order valence-electron chi connectivity index (χ2n) is 8.51. The number of rotatable bonds is 6. The molecular formula is C24H30N2O4S. The lowest BCUT2D eigenvalue weighted by molar-refractivity contribution is -0.134. The Morgan fingerprint density at radius 2 is 1.84 bits per heavy atom. The minimum atomic E-state index is -3.56. The van der Waals surface area contributed by atoms with Crippen molar-refractivity contribution in [2.24, 2.45) is 0 Å². The van der Waals surface area contributed by atoms with Crippen molar-refractivity contribution in [1.29, 1.82) is 0 Å². The molecule has 0 spiro atoms. The molecule has 0 aromatic heterocycles. The van der Waals surface area contributed by atoms with Gasteiger partial charge in [0.1, 0.15) is 5.75 Å². The highest BCUT2D eigenvalue weighted by Crippen LogP contribution is 2.25. The minimum Gasteiger partial charge on any atom is -0.483 e. The number of benzene rings is 2. The summed E-state index contributed by atoms with van der Waals surface area (Å²) in [5.74, 6) is 0.465. The van der Waals surface area contributed by atoms with E-state index in [4.69, 9.17) is 4.74 Å². The van der Waals surface area contributed by atoms with Gasteiger partial charge in [-0.2, -0.15) is 0 Å². The Morgan fingerprint density at radius 1 is 1.10 bits per heavy atom. The van der Waals surface area contributed by atoms with E-state index in [0.29, 0.717) is 24.4 Å². The Hall–Kier alpha value is -2.38. The number of ether oxygens (including phenoxy) is 1. The molecule has 166 valence electrons. The van der Waals surface area contributed by atoms with Gasteiger partial charge in [0.25, 0.3) is 5.91 Å². The van der Waals surface area contributed by atoms with Crippen LogP contribution in [0.1, 0.15) is 48.8 Å². The summed E-state index contributed by atoms with van der Waals surface area (Å²) < 4.78 is 34.0. The normalized spacial score (nSPS) is 17.3. The number of carbonyl (C=O) groups excluding carboxylic acids is 1. The van der Waals surface area contributed by atoms with E-state index in [-0.39, 0.29) is 23.5 Å². The van der Waals surface area contributed by atoms with Gasteiger partial charge in [-0.05, 0) is 61.1 Å². The molecule has 2 aliphatic rings. The SMILES string of the molecule is Cc1cc(S(=O)(=O)NC2CCCCC2)ccc1OCC(=O)N1CCc2ccccc2C1. The number of fused-ring (bicyclic) bond motifs is 1. The average molecular weight is 443 g/mol. The molecule has 4 rings (SSSR count). The van der Waals surface area contributed by atoms with Crippen LogP contribution in [0.4, 0.5) is 0 Å². The van der Waals surface area contributed by atoms with Crippen molar-refractivity contribution in [3.05, 3.63) is 59.2 Å². The monoisotopic (exact) mass is 442 g/mol. The minimum absolute atomic E-state index is 0.0160. The highest BCUT2D eigenvalue weighted by atomic mass is 32.2. The summed E-state index contributed by atoms with van der Waals surface area (Å²) in [4.78, 5) is 14.7. The zero-order valence-corrected chi connectivity index (χ0v) is 18.8. The van der Waals surface area contributed by atoms with Gasteiger partial charge in [-0.25, -0.2) is 13.1 Å². The Kier molecular flexibility index (Phi) is 6.62. The van der Waals surface area contributed by atoms with Gasteiger partial charge in [-0.3, -0.25) is 4.79 Å². The average Bonchev–Trinajstić information content (AvgIpc) is 2.78. The van der Waals surface area contributed by atoms with Crippen LogP contribution in [0.3, 0.4) is 0 Å². The number of nitrogens with zero attached hydrogens (tertiary/aromatic N) is 1. The van der Waals surface area contributed by atoms with Gasteiger partial charge in [0, 0.05) is 19.1 Å². The van der Waals surface area contributed by atoms with E-state index < -0.39 is 10.0 Å². The molecule has 1 N–H and O–H groups in total. The van der Waals surface area contributed by atoms with E-state index in [1.54, 1.807) is 25.1 Å². The topological polar surface area (TPSA) is 75.7 Å². The molecule has 1 aliphatic carbocycles. The van der Waals surface area contributed by atoms with Crippen LogP contribution in [0, 0.1) is 6.92 Å². The van der Waals surface area contributed by atoms with E-state index in [9.17, 15) is 13.2 Å². The van der Waals surface area contributed by atoms with Crippen molar-refractivity contribution in [1.82, 2.24) is 9.62 Å². The summed E-state index contributed by atoms with van der Waals surface area (Å²) in [6, 6.07) is 13.0. The lowest BCUT2D eigenvalue weighted by Crippen LogP contribution is -2.38. The molecule has 7 heteroatoms. The summed E-state index contributed by atoms with van der Waals surface area (Å²) in [6.07, 6.45) is 5.93. The Labute approximate surface area is 184 Å². The molecule has 2 aromatic carbocycles. The molecule has 1 aliphatic heterocycles.